The van der Waals surface area contributed by atoms with Crippen molar-refractivity contribution >= 4 is 28.0 Å². The van der Waals surface area contributed by atoms with Crippen molar-refractivity contribution in [2.75, 3.05) is 11.1 Å². The first kappa shape index (κ1) is 12.5. The summed E-state index contributed by atoms with van der Waals surface area (Å²) in [4.78, 5) is 4.35. The average molecular weight is 263 g/mol. The number of hydrogen-bond acceptors (Lipinski definition) is 3. The standard InChI is InChI=1S/C17H17N3/c1-2-12-5-7-13(8-6-12)20-16-10-9-15(18)17-14(16)4-3-11-19-17/h3-11,20H,2,18H2,1H3. The Balaban J connectivity index is 2.00. The highest BCUT2D eigenvalue weighted by Gasteiger charge is 2.05. The number of pyridine rings is 1. The first-order valence-corrected chi connectivity index (χ1v) is 6.77. The molecule has 0 unspecified atom stereocenters. The number of hydrogen-bond donors (Lipinski definition) is 2. The van der Waals surface area contributed by atoms with E-state index < -0.39 is 0 Å². The fourth-order valence-corrected chi connectivity index (χ4v) is 2.28. The molecule has 0 aliphatic rings. The van der Waals surface area contributed by atoms with Crippen molar-refractivity contribution < 1.29 is 0 Å². The number of rotatable bonds is 3. The minimum atomic E-state index is 0.701. The van der Waals surface area contributed by atoms with Crippen LogP contribution in [-0.4, -0.2) is 4.98 Å². The number of aromatic nitrogens is 1. The monoisotopic (exact) mass is 263 g/mol. The van der Waals surface area contributed by atoms with Crippen molar-refractivity contribution in [3.05, 3.63) is 60.3 Å². The van der Waals surface area contributed by atoms with E-state index in [0.717, 1.165) is 28.7 Å². The molecule has 100 valence electrons. The summed E-state index contributed by atoms with van der Waals surface area (Å²) in [6.07, 6.45) is 2.81. The molecule has 2 aromatic carbocycles. The normalized spacial score (nSPS) is 10.7. The van der Waals surface area contributed by atoms with Crippen LogP contribution in [0.15, 0.2) is 54.7 Å². The van der Waals surface area contributed by atoms with Gasteiger partial charge in [0.1, 0.15) is 0 Å². The summed E-state index contributed by atoms with van der Waals surface area (Å²) >= 11 is 0. The Labute approximate surface area is 118 Å². The fourth-order valence-electron chi connectivity index (χ4n) is 2.28. The SMILES string of the molecule is CCc1ccc(Nc2ccc(N)c3ncccc23)cc1. The van der Waals surface area contributed by atoms with E-state index in [2.05, 4.69) is 41.5 Å². The maximum Gasteiger partial charge on any atom is 0.0951 e. The zero-order valence-electron chi connectivity index (χ0n) is 11.4. The van der Waals surface area contributed by atoms with Gasteiger partial charge in [0.2, 0.25) is 0 Å². The Hall–Kier alpha value is -2.55. The van der Waals surface area contributed by atoms with Crippen molar-refractivity contribution in [1.82, 2.24) is 4.98 Å². The van der Waals surface area contributed by atoms with Crippen LogP contribution in [0.2, 0.25) is 0 Å². The predicted molar refractivity (Wildman–Crippen MR) is 85.3 cm³/mol. The molecule has 3 heteroatoms. The molecule has 0 saturated carbocycles. The number of nitrogens with one attached hydrogen (secondary N) is 1. The van der Waals surface area contributed by atoms with E-state index in [0.29, 0.717) is 5.69 Å². The second-order valence-electron chi connectivity index (χ2n) is 4.78. The number of anilines is 3. The number of benzene rings is 2. The minimum absolute atomic E-state index is 0.701. The van der Waals surface area contributed by atoms with Crippen LogP contribution in [0.5, 0.6) is 0 Å². The van der Waals surface area contributed by atoms with Gasteiger partial charge in [0.05, 0.1) is 11.2 Å². The molecular formula is C17H17N3. The highest BCUT2D eigenvalue weighted by atomic mass is 14.9. The van der Waals surface area contributed by atoms with Crippen molar-refractivity contribution in [1.29, 1.82) is 0 Å². The van der Waals surface area contributed by atoms with Crippen LogP contribution in [-0.2, 0) is 6.42 Å². The van der Waals surface area contributed by atoms with E-state index in [1.807, 2.05) is 24.3 Å². The molecule has 3 nitrogen and oxygen atoms in total. The largest absolute Gasteiger partial charge is 0.397 e. The molecule has 0 atom stereocenters. The van der Waals surface area contributed by atoms with Crippen LogP contribution < -0.4 is 11.1 Å². The Morgan fingerprint density at radius 1 is 1.05 bits per heavy atom. The predicted octanol–water partition coefficient (Wildman–Crippen LogP) is 4.12. The third kappa shape index (κ3) is 2.30. The Morgan fingerprint density at radius 2 is 1.85 bits per heavy atom. The highest BCUT2D eigenvalue weighted by Crippen LogP contribution is 2.28. The van der Waals surface area contributed by atoms with Crippen LogP contribution in [0.1, 0.15) is 12.5 Å². The van der Waals surface area contributed by atoms with Gasteiger partial charge in [-0.05, 0) is 48.4 Å². The lowest BCUT2D eigenvalue weighted by Gasteiger charge is -2.11. The van der Waals surface area contributed by atoms with Gasteiger partial charge in [-0.25, -0.2) is 0 Å². The summed E-state index contributed by atoms with van der Waals surface area (Å²) in [5.41, 5.74) is 10.9. The summed E-state index contributed by atoms with van der Waals surface area (Å²) in [5, 5.41) is 4.46. The van der Waals surface area contributed by atoms with Gasteiger partial charge in [-0.3, -0.25) is 4.98 Å². The Kier molecular flexibility index (Phi) is 3.25. The molecule has 0 radical (unpaired) electrons. The van der Waals surface area contributed by atoms with Gasteiger partial charge in [0.25, 0.3) is 0 Å². The van der Waals surface area contributed by atoms with Crippen molar-refractivity contribution in [3.63, 3.8) is 0 Å². The lowest BCUT2D eigenvalue weighted by Crippen LogP contribution is -1.95. The minimum Gasteiger partial charge on any atom is -0.397 e. The van der Waals surface area contributed by atoms with E-state index in [-0.39, 0.29) is 0 Å². The lowest BCUT2D eigenvalue weighted by atomic mass is 10.1. The van der Waals surface area contributed by atoms with Gasteiger partial charge in [-0.1, -0.05) is 19.1 Å². The first-order chi connectivity index (χ1) is 9.78. The molecule has 3 N–H and O–H groups in total. The van der Waals surface area contributed by atoms with E-state index in [1.54, 1.807) is 6.20 Å². The fraction of sp³-hybridized carbons (Fsp3) is 0.118. The lowest BCUT2D eigenvalue weighted by molar-refractivity contribution is 1.14. The van der Waals surface area contributed by atoms with E-state index >= 15 is 0 Å². The van der Waals surface area contributed by atoms with Crippen LogP contribution in [0.4, 0.5) is 17.1 Å². The molecule has 1 aromatic heterocycles. The van der Waals surface area contributed by atoms with Gasteiger partial charge < -0.3 is 11.1 Å². The van der Waals surface area contributed by atoms with Gasteiger partial charge in [-0.2, -0.15) is 0 Å². The number of nitrogen functional groups attached to an aromatic ring is 1. The molecular weight excluding hydrogens is 246 g/mol. The zero-order valence-corrected chi connectivity index (χ0v) is 11.4. The summed E-state index contributed by atoms with van der Waals surface area (Å²) in [6, 6.07) is 16.3. The smallest absolute Gasteiger partial charge is 0.0951 e. The van der Waals surface area contributed by atoms with Crippen molar-refractivity contribution in [3.8, 4) is 0 Å². The Bertz CT molecular complexity index is 733. The quantitative estimate of drug-likeness (QED) is 0.699. The molecule has 0 saturated heterocycles. The topological polar surface area (TPSA) is 50.9 Å². The summed E-state index contributed by atoms with van der Waals surface area (Å²) in [7, 11) is 0. The summed E-state index contributed by atoms with van der Waals surface area (Å²) in [5.74, 6) is 0. The van der Waals surface area contributed by atoms with Crippen LogP contribution >= 0.6 is 0 Å². The highest BCUT2D eigenvalue weighted by molar-refractivity contribution is 5.99. The van der Waals surface area contributed by atoms with Gasteiger partial charge >= 0.3 is 0 Å². The molecule has 0 spiro atoms. The number of aryl methyl sites for hydroxylation is 1. The van der Waals surface area contributed by atoms with E-state index in [9.17, 15) is 0 Å². The molecule has 0 fully saturated rings. The van der Waals surface area contributed by atoms with E-state index in [1.165, 1.54) is 5.56 Å². The number of fused-ring (bicyclic) bond motifs is 1. The molecule has 3 rings (SSSR count). The van der Waals surface area contributed by atoms with Gasteiger partial charge in [-0.15, -0.1) is 0 Å². The number of nitrogens with zero attached hydrogens (tertiary/aromatic N) is 1. The third-order valence-corrected chi connectivity index (χ3v) is 3.44. The second kappa shape index (κ2) is 5.21. The number of nitrogens with two attached hydrogens (primary N) is 1. The van der Waals surface area contributed by atoms with Crippen LogP contribution in [0.3, 0.4) is 0 Å². The van der Waals surface area contributed by atoms with Gasteiger partial charge in [0.15, 0.2) is 0 Å². The van der Waals surface area contributed by atoms with Crippen LogP contribution in [0, 0.1) is 0 Å². The van der Waals surface area contributed by atoms with Crippen LogP contribution in [0.25, 0.3) is 10.9 Å². The van der Waals surface area contributed by atoms with Crippen molar-refractivity contribution in [2.45, 2.75) is 13.3 Å². The molecule has 20 heavy (non-hydrogen) atoms. The maximum atomic E-state index is 5.97. The van der Waals surface area contributed by atoms with Gasteiger partial charge in [0, 0.05) is 23.0 Å². The third-order valence-electron chi connectivity index (χ3n) is 3.44. The molecule has 3 aromatic rings. The summed E-state index contributed by atoms with van der Waals surface area (Å²) in [6.45, 7) is 2.15. The molecule has 0 amide bonds. The van der Waals surface area contributed by atoms with E-state index in [4.69, 9.17) is 5.73 Å². The Morgan fingerprint density at radius 3 is 2.60 bits per heavy atom. The van der Waals surface area contributed by atoms with Crippen molar-refractivity contribution in [2.24, 2.45) is 0 Å². The maximum absolute atomic E-state index is 5.97. The molecule has 1 heterocycles. The summed E-state index contributed by atoms with van der Waals surface area (Å²) < 4.78 is 0. The zero-order chi connectivity index (χ0) is 13.9. The first-order valence-electron chi connectivity index (χ1n) is 6.77. The molecule has 0 aliphatic heterocycles. The molecule has 0 bridgehead atoms. The average Bonchev–Trinajstić information content (AvgIpc) is 2.51. The second-order valence-corrected chi connectivity index (χ2v) is 4.78. The molecule has 0 aliphatic carbocycles.